The normalized spacial score (nSPS) is 32.8. The maximum absolute atomic E-state index is 14.4. The highest BCUT2D eigenvalue weighted by molar-refractivity contribution is 7.47. The molecule has 6 aliphatic rings. The Hall–Kier alpha value is -7.00. The third-order valence-corrected chi connectivity index (χ3v) is 21.7. The average molecular weight is 1270 g/mol. The summed E-state index contributed by atoms with van der Waals surface area (Å²) in [6.07, 6.45) is -4.26. The second-order valence-corrected chi connectivity index (χ2v) is 28.4. The van der Waals surface area contributed by atoms with Gasteiger partial charge in [0.2, 0.25) is 41.4 Å². The molecule has 7 heterocycles. The monoisotopic (exact) mass is 1270 g/mol. The number of phosphoric acid groups is 1. The van der Waals surface area contributed by atoms with Crippen molar-refractivity contribution in [2.45, 2.75) is 189 Å². The number of phosphoric ester groups is 1. The van der Waals surface area contributed by atoms with Gasteiger partial charge >= 0.3 is 7.82 Å². The zero-order valence-electron chi connectivity index (χ0n) is 53.3. The van der Waals surface area contributed by atoms with Crippen LogP contribution in [0.3, 0.4) is 0 Å². The highest BCUT2D eigenvalue weighted by Crippen LogP contribution is 2.63. The summed E-state index contributed by atoms with van der Waals surface area (Å²) in [5.41, 5.74) is 37.4. The van der Waals surface area contributed by atoms with Gasteiger partial charge in [-0.1, -0.05) is 34.6 Å². The van der Waals surface area contributed by atoms with Crippen LogP contribution in [0.15, 0.2) is 67.8 Å². The number of amides is 7. The number of benzene rings is 1. The maximum atomic E-state index is 14.4. The number of primary amides is 6. The van der Waals surface area contributed by atoms with Gasteiger partial charge in [0.15, 0.2) is 6.23 Å². The van der Waals surface area contributed by atoms with E-state index in [1.54, 1.807) is 4.57 Å². The number of allylic oxidation sites excluding steroid dienone is 6. The lowest BCUT2D eigenvalue weighted by atomic mass is 9.55. The Kier molecular flexibility index (Phi) is 19.6. The van der Waals surface area contributed by atoms with Gasteiger partial charge in [-0.2, -0.15) is 0 Å². The first-order chi connectivity index (χ1) is 41.8. The van der Waals surface area contributed by atoms with E-state index in [1.807, 2.05) is 87.4 Å². The molecule has 0 spiro atoms. The number of aryl methyl sites for hydroxylation is 2. The smallest absolute Gasteiger partial charge is 0.394 e. The van der Waals surface area contributed by atoms with Gasteiger partial charge in [-0.25, -0.2) is 9.55 Å². The Balaban J connectivity index is 1.19. The number of carbonyl (C=O) groups is 7. The highest BCUT2D eigenvalue weighted by atomic mass is 31.2. The zero-order chi connectivity index (χ0) is 66.7. The third-order valence-electron chi connectivity index (χ3n) is 20.6. The molecule has 0 radical (unpaired) electrons. The molecule has 27 nitrogen and oxygen atoms in total. The molecule has 1 aromatic carbocycles. The summed E-state index contributed by atoms with van der Waals surface area (Å²) in [6, 6.07) is 2.70. The van der Waals surface area contributed by atoms with E-state index in [0.29, 0.717) is 56.4 Å². The number of aromatic nitrogens is 2. The molecule has 2 saturated heterocycles. The molecule has 492 valence electrons. The molecule has 90 heavy (non-hydrogen) atoms. The SMILES string of the molecule is CC1=C2N=C(C=C3N/C(=C(/C)C4=N[C@@](C)([C@@H]5N=C1[C@](C)(CCC(=O)NC[C@@H](C)OP(=O)(O)O[C@H]1C(O)[C@@H](n6cnc7cc(C)c(C)cc76)O[C@@H]1CO)[C@H]5CC(N)=O)[C@@](C)(CC(N)=O)[C@@H]4CCC(N)=O)[C@@](C)(CC(N)=O)[C@@H]3CCC(N)=O)C(C)(C)[C@@H]2CCC(N)=O. The molecule has 0 aliphatic carbocycles. The van der Waals surface area contributed by atoms with E-state index in [1.165, 1.54) is 13.3 Å². The summed E-state index contributed by atoms with van der Waals surface area (Å²) in [5, 5.41) is 28.2. The Morgan fingerprint density at radius 2 is 1.40 bits per heavy atom. The van der Waals surface area contributed by atoms with Crippen LogP contribution in [-0.2, 0) is 51.9 Å². The Morgan fingerprint density at radius 1 is 0.800 bits per heavy atom. The molecule has 28 heteroatoms. The van der Waals surface area contributed by atoms with E-state index < -0.39 is 143 Å². The topological polar surface area (TPSA) is 460 Å². The lowest BCUT2D eigenvalue weighted by Gasteiger charge is -2.48. The molecule has 2 aromatic rings. The zero-order valence-corrected chi connectivity index (χ0v) is 54.1. The number of aliphatic hydroxyl groups is 2. The minimum atomic E-state index is -5.07. The Morgan fingerprint density at radius 3 is 1.99 bits per heavy atom. The summed E-state index contributed by atoms with van der Waals surface area (Å²) >= 11 is 0. The van der Waals surface area contributed by atoms with Crippen LogP contribution < -0.4 is 45.0 Å². The van der Waals surface area contributed by atoms with Crippen LogP contribution in [0.1, 0.15) is 150 Å². The van der Waals surface area contributed by atoms with E-state index in [4.69, 9.17) is 63.2 Å². The average Bonchev–Trinajstić information content (AvgIpc) is 1.53. The van der Waals surface area contributed by atoms with Crippen molar-refractivity contribution >= 4 is 77.3 Å². The van der Waals surface area contributed by atoms with E-state index in [-0.39, 0.29) is 77.2 Å². The number of hydrogen-bond donors (Lipinski definition) is 11. The fourth-order valence-corrected chi connectivity index (χ4v) is 16.6. The molecule has 0 saturated carbocycles. The lowest BCUT2D eigenvalue weighted by Crippen LogP contribution is -2.56. The minimum Gasteiger partial charge on any atom is -0.394 e. The number of aliphatic hydroxyl groups excluding tert-OH is 2. The van der Waals surface area contributed by atoms with Gasteiger partial charge in [-0.05, 0) is 108 Å². The number of nitrogens with one attached hydrogen (secondary N) is 2. The van der Waals surface area contributed by atoms with Crippen LogP contribution >= 0.6 is 7.82 Å². The van der Waals surface area contributed by atoms with Crippen molar-refractivity contribution in [3.63, 3.8) is 0 Å². The molecule has 7 amide bonds. The molecule has 8 rings (SSSR count). The number of aliphatic imine (C=N–C) groups is 3. The van der Waals surface area contributed by atoms with E-state index in [0.717, 1.165) is 11.1 Å². The standard InChI is InChI=1S/C62H90N13O14P/c1-29-20-39-40(21-30(29)2)75(28-70-39)57-52(84)53(41(27-76)87-57)89-90(85,86)88-31(3)26-69-49(83)18-19-59(8)37(22-46(66)80)56-62(11)61(10,25-48(68)82)36(14-17-45(65)79)51(74-62)33(5)55-60(9,24-47(67)81)34(12-15-43(63)77)38(71-55)23-42-58(6,7)35(13-16-44(64)78)50(72-42)32(4)54(59)73-56/h20-21,23,28,31,34-37,41,52-53,56-57,71,76,84H,12-19,22,24-27H2,1-11H3,(H2,63,77)(H2,64,78)(H2,65,79)(H2,66,80)(H2,67,81)(H2,68,82)(H,69,83)(H,85,86)/b38-23?,50-32?,55-33-/t31-,34-,35-,36-,37+,41-,52?,53-,56-,57+,59-,60+,61+,62+/m1/s1. The van der Waals surface area contributed by atoms with Crippen molar-refractivity contribution in [1.82, 2.24) is 20.2 Å². The molecular weight excluding hydrogens is 1180 g/mol. The number of hydrogen-bond acceptors (Lipinski definition) is 18. The second kappa shape index (κ2) is 25.6. The quantitative estimate of drug-likeness (QED) is 0.0603. The third kappa shape index (κ3) is 13.0. The fourth-order valence-electron chi connectivity index (χ4n) is 15.4. The molecule has 2 fully saturated rings. The maximum Gasteiger partial charge on any atom is 0.472 e. The second-order valence-electron chi connectivity index (χ2n) is 27.1. The van der Waals surface area contributed by atoms with Gasteiger partial charge in [0.05, 0.1) is 41.7 Å². The lowest BCUT2D eigenvalue weighted by molar-refractivity contribution is -0.124. The van der Waals surface area contributed by atoms with Crippen LogP contribution in [0.25, 0.3) is 11.0 Å². The molecular formula is C62H90N13O14P. The summed E-state index contributed by atoms with van der Waals surface area (Å²) < 4.78 is 32.3. The first kappa shape index (κ1) is 68.9. The fraction of sp³-hybridized carbons (Fsp3) is 0.629. The van der Waals surface area contributed by atoms with Gasteiger partial charge in [0, 0.05) is 131 Å². The predicted molar refractivity (Wildman–Crippen MR) is 334 cm³/mol. The molecule has 15 atom stereocenters. The van der Waals surface area contributed by atoms with Gasteiger partial charge in [0.25, 0.3) is 0 Å². The van der Waals surface area contributed by atoms with Crippen molar-refractivity contribution in [2.24, 2.45) is 94.7 Å². The Bertz CT molecular complexity index is 3540. The molecule has 1 aromatic heterocycles. The molecule has 17 N–H and O–H groups in total. The first-order valence-corrected chi connectivity index (χ1v) is 32.1. The van der Waals surface area contributed by atoms with Gasteiger partial charge in [0.1, 0.15) is 18.3 Å². The highest BCUT2D eigenvalue weighted by Gasteiger charge is 2.66. The van der Waals surface area contributed by atoms with Gasteiger partial charge in [-0.3, -0.25) is 57.6 Å². The number of nitrogens with zero attached hydrogens (tertiary/aromatic N) is 5. The number of nitrogens with two attached hydrogens (primary N) is 6. The predicted octanol–water partition coefficient (Wildman–Crippen LogP) is 3.16. The van der Waals surface area contributed by atoms with Crippen LogP contribution in [0, 0.1) is 59.2 Å². The van der Waals surface area contributed by atoms with Crippen LogP contribution in [-0.4, -0.2) is 132 Å². The van der Waals surface area contributed by atoms with Crippen molar-refractivity contribution < 1.29 is 67.0 Å². The number of imidazole rings is 1. The van der Waals surface area contributed by atoms with Crippen molar-refractivity contribution in [2.75, 3.05) is 13.2 Å². The first-order valence-electron chi connectivity index (χ1n) is 30.6. The molecule has 6 aliphatic heterocycles. The van der Waals surface area contributed by atoms with Gasteiger partial charge < -0.3 is 69.4 Å². The number of fused-ring (bicyclic) bond motifs is 7. The summed E-state index contributed by atoms with van der Waals surface area (Å²) in [4.78, 5) is 126. The number of carbonyl (C=O) groups excluding carboxylic acids is 7. The minimum absolute atomic E-state index is 0.0114. The van der Waals surface area contributed by atoms with Crippen LogP contribution in [0.2, 0.25) is 0 Å². The van der Waals surface area contributed by atoms with Crippen molar-refractivity contribution in [3.05, 3.63) is 63.9 Å². The number of ether oxygens (including phenoxy) is 1. The summed E-state index contributed by atoms with van der Waals surface area (Å²) in [7, 11) is -5.07. The van der Waals surface area contributed by atoms with E-state index in [2.05, 4.69) is 15.6 Å². The largest absolute Gasteiger partial charge is 0.472 e. The van der Waals surface area contributed by atoms with E-state index in [9.17, 15) is 53.2 Å². The van der Waals surface area contributed by atoms with Crippen LogP contribution in [0.5, 0.6) is 0 Å². The molecule has 8 bridgehead atoms. The number of rotatable bonds is 26. The Labute approximate surface area is 523 Å². The van der Waals surface area contributed by atoms with Gasteiger partial charge in [-0.15, -0.1) is 0 Å². The summed E-state index contributed by atoms with van der Waals surface area (Å²) in [6.45, 7) is 19.3. The summed E-state index contributed by atoms with van der Waals surface area (Å²) in [5.74, 6) is -7.18. The van der Waals surface area contributed by atoms with Crippen LogP contribution in [0.4, 0.5) is 0 Å². The van der Waals surface area contributed by atoms with E-state index >= 15 is 0 Å². The van der Waals surface area contributed by atoms with Crippen molar-refractivity contribution in [1.29, 1.82) is 0 Å². The molecule has 2 unspecified atom stereocenters. The van der Waals surface area contributed by atoms with Crippen molar-refractivity contribution in [3.8, 4) is 0 Å².